The Hall–Kier alpha value is -2.69. The number of nitrogens with zero attached hydrogens (tertiary/aromatic N) is 4. The van der Waals surface area contributed by atoms with Gasteiger partial charge in [-0.3, -0.25) is 0 Å². The first kappa shape index (κ1) is 14.3. The Kier molecular flexibility index (Phi) is 3.87. The Morgan fingerprint density at radius 1 is 1.00 bits per heavy atom. The van der Waals surface area contributed by atoms with Crippen molar-refractivity contribution in [3.05, 3.63) is 65.4 Å². The largest absolute Gasteiger partial charge is 0.366 e. The highest BCUT2D eigenvalue weighted by molar-refractivity contribution is 5.44. The summed E-state index contributed by atoms with van der Waals surface area (Å²) in [5, 5.41) is 7.86. The first-order valence-electron chi connectivity index (χ1n) is 7.28. The number of hydrogen-bond donors (Lipinski definition) is 1. The van der Waals surface area contributed by atoms with Crippen molar-refractivity contribution in [3.8, 4) is 5.69 Å². The Bertz CT molecular complexity index is 771. The molecule has 0 spiro atoms. The number of benzene rings is 1. The molecule has 1 N–H and O–H groups in total. The monoisotopic (exact) mass is 293 g/mol. The SMILES string of the molecule is Cc1cc(NCc2ccccc2-n2ccc(C)n2)nc(C)n1. The predicted octanol–water partition coefficient (Wildman–Crippen LogP) is 3.20. The zero-order valence-electron chi connectivity index (χ0n) is 13.0. The highest BCUT2D eigenvalue weighted by atomic mass is 15.3. The Morgan fingerprint density at radius 2 is 1.82 bits per heavy atom. The number of anilines is 1. The maximum absolute atomic E-state index is 4.49. The number of aryl methyl sites for hydroxylation is 3. The molecule has 1 aromatic carbocycles. The molecule has 2 heterocycles. The number of nitrogens with one attached hydrogen (secondary N) is 1. The molecule has 0 unspecified atom stereocenters. The molecule has 0 amide bonds. The van der Waals surface area contributed by atoms with E-state index in [1.165, 1.54) is 5.56 Å². The molecule has 0 fully saturated rings. The van der Waals surface area contributed by atoms with Crippen LogP contribution in [0.5, 0.6) is 0 Å². The van der Waals surface area contributed by atoms with Crippen molar-refractivity contribution in [1.82, 2.24) is 19.7 Å². The van der Waals surface area contributed by atoms with Gasteiger partial charge >= 0.3 is 0 Å². The lowest BCUT2D eigenvalue weighted by molar-refractivity contribution is 0.847. The van der Waals surface area contributed by atoms with Gasteiger partial charge in [0.05, 0.1) is 11.4 Å². The van der Waals surface area contributed by atoms with Crippen LogP contribution in [0.25, 0.3) is 5.69 Å². The molecule has 5 nitrogen and oxygen atoms in total. The van der Waals surface area contributed by atoms with Crippen molar-refractivity contribution < 1.29 is 0 Å². The molecule has 3 rings (SSSR count). The van der Waals surface area contributed by atoms with Crippen LogP contribution in [0.15, 0.2) is 42.6 Å². The number of rotatable bonds is 4. The summed E-state index contributed by atoms with van der Waals surface area (Å²) >= 11 is 0. The second-order valence-electron chi connectivity index (χ2n) is 5.33. The van der Waals surface area contributed by atoms with E-state index in [4.69, 9.17) is 0 Å². The fourth-order valence-corrected chi connectivity index (χ4v) is 2.43. The normalized spacial score (nSPS) is 10.7. The average molecular weight is 293 g/mol. The zero-order chi connectivity index (χ0) is 15.5. The van der Waals surface area contributed by atoms with Crippen LogP contribution in [0, 0.1) is 20.8 Å². The van der Waals surface area contributed by atoms with Crippen LogP contribution in [-0.2, 0) is 6.54 Å². The van der Waals surface area contributed by atoms with Crippen LogP contribution in [-0.4, -0.2) is 19.7 Å². The third kappa shape index (κ3) is 3.14. The van der Waals surface area contributed by atoms with E-state index in [0.717, 1.165) is 28.7 Å². The summed E-state index contributed by atoms with van der Waals surface area (Å²) in [7, 11) is 0. The van der Waals surface area contributed by atoms with Gasteiger partial charge in [-0.1, -0.05) is 18.2 Å². The van der Waals surface area contributed by atoms with E-state index in [1.807, 2.05) is 55.9 Å². The van der Waals surface area contributed by atoms with Crippen LogP contribution in [0.1, 0.15) is 22.8 Å². The highest BCUT2D eigenvalue weighted by Crippen LogP contribution is 2.16. The van der Waals surface area contributed by atoms with Crippen LogP contribution in [0.3, 0.4) is 0 Å². The van der Waals surface area contributed by atoms with E-state index in [0.29, 0.717) is 6.54 Å². The highest BCUT2D eigenvalue weighted by Gasteiger charge is 2.06. The summed E-state index contributed by atoms with van der Waals surface area (Å²) in [5.41, 5.74) is 4.21. The average Bonchev–Trinajstić information content (AvgIpc) is 2.91. The quantitative estimate of drug-likeness (QED) is 0.802. The molecule has 0 bridgehead atoms. The van der Waals surface area contributed by atoms with Gasteiger partial charge in [0.1, 0.15) is 11.6 Å². The lowest BCUT2D eigenvalue weighted by Crippen LogP contribution is -2.07. The van der Waals surface area contributed by atoms with E-state index in [2.05, 4.69) is 32.5 Å². The first-order chi connectivity index (χ1) is 10.6. The van der Waals surface area contributed by atoms with Gasteiger partial charge in [0.15, 0.2) is 0 Å². The molecule has 112 valence electrons. The van der Waals surface area contributed by atoms with Crippen LogP contribution < -0.4 is 5.32 Å². The molecule has 2 aromatic heterocycles. The minimum atomic E-state index is 0.685. The Labute approximate surface area is 130 Å². The van der Waals surface area contributed by atoms with Gasteiger partial charge in [-0.2, -0.15) is 5.10 Å². The summed E-state index contributed by atoms with van der Waals surface area (Å²) in [6.07, 6.45) is 1.98. The summed E-state index contributed by atoms with van der Waals surface area (Å²) in [6.45, 7) is 6.55. The van der Waals surface area contributed by atoms with E-state index >= 15 is 0 Å². The fourth-order valence-electron chi connectivity index (χ4n) is 2.43. The molecule has 0 aliphatic heterocycles. The first-order valence-corrected chi connectivity index (χ1v) is 7.28. The molecule has 0 saturated carbocycles. The maximum atomic E-state index is 4.49. The Balaban J connectivity index is 1.84. The van der Waals surface area contributed by atoms with Gasteiger partial charge in [0.2, 0.25) is 0 Å². The summed E-state index contributed by atoms with van der Waals surface area (Å²) in [4.78, 5) is 8.70. The minimum absolute atomic E-state index is 0.685. The molecule has 5 heteroatoms. The minimum Gasteiger partial charge on any atom is -0.366 e. The lowest BCUT2D eigenvalue weighted by Gasteiger charge is -2.11. The van der Waals surface area contributed by atoms with Gasteiger partial charge in [-0.15, -0.1) is 0 Å². The molecule has 0 aliphatic carbocycles. The molecule has 3 aromatic rings. The topological polar surface area (TPSA) is 55.6 Å². The van der Waals surface area contributed by atoms with Crippen molar-refractivity contribution in [1.29, 1.82) is 0 Å². The van der Waals surface area contributed by atoms with Gasteiger partial charge in [-0.05, 0) is 38.5 Å². The zero-order valence-corrected chi connectivity index (χ0v) is 13.0. The van der Waals surface area contributed by atoms with Crippen LogP contribution in [0.4, 0.5) is 5.82 Å². The van der Waals surface area contributed by atoms with Crippen molar-refractivity contribution in [2.45, 2.75) is 27.3 Å². The third-order valence-electron chi connectivity index (χ3n) is 3.39. The van der Waals surface area contributed by atoms with E-state index in [1.54, 1.807) is 0 Å². The standard InChI is InChI=1S/C17H19N5/c1-12-8-9-22(21-12)16-7-5-4-6-15(16)11-18-17-10-13(2)19-14(3)20-17/h4-10H,11H2,1-3H3,(H,18,19,20). The van der Waals surface area contributed by atoms with Crippen LogP contribution in [0.2, 0.25) is 0 Å². The molecule has 0 radical (unpaired) electrons. The number of para-hydroxylation sites is 1. The van der Waals surface area contributed by atoms with Crippen molar-refractivity contribution >= 4 is 5.82 Å². The van der Waals surface area contributed by atoms with Crippen molar-refractivity contribution in [3.63, 3.8) is 0 Å². The van der Waals surface area contributed by atoms with E-state index in [-0.39, 0.29) is 0 Å². The molecule has 0 saturated heterocycles. The van der Waals surface area contributed by atoms with Gasteiger partial charge in [0, 0.05) is 24.5 Å². The predicted molar refractivity (Wildman–Crippen MR) is 87.1 cm³/mol. The maximum Gasteiger partial charge on any atom is 0.130 e. The molecular formula is C17H19N5. The van der Waals surface area contributed by atoms with E-state index in [9.17, 15) is 0 Å². The summed E-state index contributed by atoms with van der Waals surface area (Å²) in [6, 6.07) is 12.2. The summed E-state index contributed by atoms with van der Waals surface area (Å²) in [5.74, 6) is 1.62. The van der Waals surface area contributed by atoms with Crippen molar-refractivity contribution in [2.24, 2.45) is 0 Å². The lowest BCUT2D eigenvalue weighted by atomic mass is 10.2. The third-order valence-corrected chi connectivity index (χ3v) is 3.39. The van der Waals surface area contributed by atoms with E-state index < -0.39 is 0 Å². The molecule has 22 heavy (non-hydrogen) atoms. The molecule has 0 atom stereocenters. The molecule has 0 aliphatic rings. The second kappa shape index (κ2) is 5.97. The van der Waals surface area contributed by atoms with Gasteiger partial charge < -0.3 is 5.32 Å². The van der Waals surface area contributed by atoms with Crippen LogP contribution >= 0.6 is 0 Å². The van der Waals surface area contributed by atoms with Gasteiger partial charge in [0.25, 0.3) is 0 Å². The second-order valence-corrected chi connectivity index (χ2v) is 5.33. The van der Waals surface area contributed by atoms with Crippen molar-refractivity contribution in [2.75, 3.05) is 5.32 Å². The number of aromatic nitrogens is 4. The molecular weight excluding hydrogens is 274 g/mol. The smallest absolute Gasteiger partial charge is 0.130 e. The fraction of sp³-hybridized carbons (Fsp3) is 0.235. The summed E-state index contributed by atoms with van der Waals surface area (Å²) < 4.78 is 1.91. The van der Waals surface area contributed by atoms with Gasteiger partial charge in [-0.25, -0.2) is 14.6 Å². The Morgan fingerprint density at radius 3 is 2.55 bits per heavy atom. The number of hydrogen-bond acceptors (Lipinski definition) is 4.